The van der Waals surface area contributed by atoms with Gasteiger partial charge in [0.25, 0.3) is 5.91 Å². The average Bonchev–Trinajstić information content (AvgIpc) is 3.06. The van der Waals surface area contributed by atoms with E-state index in [2.05, 4.69) is 17.4 Å². The molecule has 2 aromatic rings. The summed E-state index contributed by atoms with van der Waals surface area (Å²) in [6, 6.07) is 7.97. The summed E-state index contributed by atoms with van der Waals surface area (Å²) in [7, 11) is 0. The van der Waals surface area contributed by atoms with E-state index >= 15 is 0 Å². The average molecular weight is 271 g/mol. The molecule has 20 heavy (non-hydrogen) atoms. The van der Waals surface area contributed by atoms with Gasteiger partial charge in [0.05, 0.1) is 12.2 Å². The molecule has 1 N–H and O–H groups in total. The van der Waals surface area contributed by atoms with Crippen LogP contribution >= 0.6 is 0 Å². The molecule has 1 aromatic heterocycles. The zero-order valence-electron chi connectivity index (χ0n) is 11.4. The van der Waals surface area contributed by atoms with Gasteiger partial charge in [0, 0.05) is 13.0 Å². The Bertz CT molecular complexity index is 630. The lowest BCUT2D eigenvalue weighted by molar-refractivity contribution is 0.0953. The van der Waals surface area contributed by atoms with E-state index in [0.29, 0.717) is 12.1 Å². The Morgan fingerprint density at radius 3 is 3.05 bits per heavy atom. The second-order valence-electron chi connectivity index (χ2n) is 4.99. The molecule has 0 saturated heterocycles. The molecular weight excluding hydrogens is 254 g/mol. The van der Waals surface area contributed by atoms with Crippen molar-refractivity contribution >= 4 is 5.91 Å². The number of amides is 1. The summed E-state index contributed by atoms with van der Waals surface area (Å²) >= 11 is 0. The number of fused-ring (bicyclic) bond motifs is 1. The fraction of sp³-hybridized carbons (Fsp3) is 0.312. The number of furan rings is 1. The van der Waals surface area contributed by atoms with E-state index in [1.807, 2.05) is 13.0 Å². The minimum Gasteiger partial charge on any atom is -0.493 e. The normalized spacial score (nSPS) is 12.8. The second-order valence-corrected chi connectivity index (χ2v) is 4.99. The van der Waals surface area contributed by atoms with Gasteiger partial charge in [-0.05, 0) is 36.6 Å². The van der Waals surface area contributed by atoms with Crippen LogP contribution in [-0.2, 0) is 12.8 Å². The van der Waals surface area contributed by atoms with Crippen LogP contribution in [0.5, 0.6) is 5.75 Å². The number of benzene rings is 1. The van der Waals surface area contributed by atoms with E-state index in [1.165, 1.54) is 17.4 Å². The fourth-order valence-corrected chi connectivity index (χ4v) is 2.38. The SMILES string of the molecule is Cc1cc(C(=O)NCCc2ccc3c(c2)CCO3)co1. The van der Waals surface area contributed by atoms with Crippen LogP contribution < -0.4 is 10.1 Å². The summed E-state index contributed by atoms with van der Waals surface area (Å²) in [6.07, 6.45) is 3.27. The first-order chi connectivity index (χ1) is 9.72. The van der Waals surface area contributed by atoms with Crippen LogP contribution in [-0.4, -0.2) is 19.1 Å². The highest BCUT2D eigenvalue weighted by Gasteiger charge is 2.12. The molecule has 1 amide bonds. The van der Waals surface area contributed by atoms with Crippen LogP contribution in [0.3, 0.4) is 0 Å². The molecule has 3 rings (SSSR count). The van der Waals surface area contributed by atoms with Gasteiger partial charge in [0.1, 0.15) is 17.8 Å². The maximum atomic E-state index is 11.8. The quantitative estimate of drug-likeness (QED) is 0.929. The van der Waals surface area contributed by atoms with Crippen molar-refractivity contribution in [3.05, 3.63) is 53.0 Å². The summed E-state index contributed by atoms with van der Waals surface area (Å²) in [5, 5.41) is 2.90. The summed E-state index contributed by atoms with van der Waals surface area (Å²) in [5.74, 6) is 1.65. The molecule has 4 heteroatoms. The lowest BCUT2D eigenvalue weighted by Crippen LogP contribution is -2.25. The van der Waals surface area contributed by atoms with Gasteiger partial charge in [-0.25, -0.2) is 0 Å². The zero-order valence-corrected chi connectivity index (χ0v) is 11.4. The van der Waals surface area contributed by atoms with Crippen LogP contribution in [0.1, 0.15) is 27.2 Å². The van der Waals surface area contributed by atoms with Gasteiger partial charge in [-0.1, -0.05) is 12.1 Å². The van der Waals surface area contributed by atoms with Crippen molar-refractivity contribution in [1.82, 2.24) is 5.32 Å². The molecular formula is C16H17NO3. The van der Waals surface area contributed by atoms with Gasteiger partial charge < -0.3 is 14.5 Å². The van der Waals surface area contributed by atoms with Crippen molar-refractivity contribution < 1.29 is 13.9 Å². The number of carbonyl (C=O) groups is 1. The summed E-state index contributed by atoms with van der Waals surface area (Å²) in [5.41, 5.74) is 3.06. The number of ether oxygens (including phenoxy) is 1. The van der Waals surface area contributed by atoms with E-state index in [0.717, 1.165) is 31.0 Å². The molecule has 1 aliphatic heterocycles. The highest BCUT2D eigenvalue weighted by atomic mass is 16.5. The number of carbonyl (C=O) groups excluding carboxylic acids is 1. The molecule has 0 unspecified atom stereocenters. The zero-order chi connectivity index (χ0) is 13.9. The molecule has 1 aromatic carbocycles. The van der Waals surface area contributed by atoms with Gasteiger partial charge >= 0.3 is 0 Å². The second kappa shape index (κ2) is 5.41. The third-order valence-electron chi connectivity index (χ3n) is 3.45. The molecule has 4 nitrogen and oxygen atoms in total. The number of aryl methyl sites for hydroxylation is 1. The van der Waals surface area contributed by atoms with Gasteiger partial charge in [0.15, 0.2) is 0 Å². The van der Waals surface area contributed by atoms with Crippen LogP contribution in [0.4, 0.5) is 0 Å². The first-order valence-corrected chi connectivity index (χ1v) is 6.80. The van der Waals surface area contributed by atoms with Gasteiger partial charge in [0.2, 0.25) is 0 Å². The molecule has 0 radical (unpaired) electrons. The number of hydrogen-bond donors (Lipinski definition) is 1. The van der Waals surface area contributed by atoms with Gasteiger partial charge in [-0.3, -0.25) is 4.79 Å². The van der Waals surface area contributed by atoms with Gasteiger partial charge in [-0.2, -0.15) is 0 Å². The largest absolute Gasteiger partial charge is 0.493 e. The Morgan fingerprint density at radius 1 is 1.35 bits per heavy atom. The van der Waals surface area contributed by atoms with Crippen molar-refractivity contribution in [1.29, 1.82) is 0 Å². The third kappa shape index (κ3) is 2.69. The van der Waals surface area contributed by atoms with E-state index in [1.54, 1.807) is 6.07 Å². The van der Waals surface area contributed by atoms with Crippen molar-refractivity contribution in [2.45, 2.75) is 19.8 Å². The number of hydrogen-bond acceptors (Lipinski definition) is 3. The van der Waals surface area contributed by atoms with Crippen LogP contribution in [0.15, 0.2) is 34.9 Å². The van der Waals surface area contributed by atoms with E-state index in [9.17, 15) is 4.79 Å². The molecule has 0 aliphatic carbocycles. The molecule has 0 saturated carbocycles. The Labute approximate surface area is 117 Å². The van der Waals surface area contributed by atoms with E-state index in [4.69, 9.17) is 9.15 Å². The Balaban J connectivity index is 1.54. The van der Waals surface area contributed by atoms with Crippen LogP contribution in [0, 0.1) is 6.92 Å². The Hall–Kier alpha value is -2.23. The predicted octanol–water partition coefficient (Wildman–Crippen LogP) is 2.50. The highest BCUT2D eigenvalue weighted by Crippen LogP contribution is 2.25. The summed E-state index contributed by atoms with van der Waals surface area (Å²) < 4.78 is 10.6. The van der Waals surface area contributed by atoms with Crippen LogP contribution in [0.25, 0.3) is 0 Å². The Morgan fingerprint density at radius 2 is 2.25 bits per heavy atom. The predicted molar refractivity (Wildman–Crippen MR) is 75.1 cm³/mol. The maximum Gasteiger partial charge on any atom is 0.254 e. The minimum atomic E-state index is -0.0913. The van der Waals surface area contributed by atoms with Crippen molar-refractivity contribution in [3.8, 4) is 5.75 Å². The van der Waals surface area contributed by atoms with Gasteiger partial charge in [-0.15, -0.1) is 0 Å². The van der Waals surface area contributed by atoms with Crippen LogP contribution in [0.2, 0.25) is 0 Å². The van der Waals surface area contributed by atoms with Crippen molar-refractivity contribution in [2.24, 2.45) is 0 Å². The lowest BCUT2D eigenvalue weighted by atomic mass is 10.1. The molecule has 0 atom stereocenters. The topological polar surface area (TPSA) is 51.5 Å². The molecule has 104 valence electrons. The molecule has 0 spiro atoms. The van der Waals surface area contributed by atoms with Crippen molar-refractivity contribution in [3.63, 3.8) is 0 Å². The van der Waals surface area contributed by atoms with E-state index < -0.39 is 0 Å². The first-order valence-electron chi connectivity index (χ1n) is 6.80. The Kier molecular flexibility index (Phi) is 3.46. The molecule has 1 aliphatic rings. The maximum absolute atomic E-state index is 11.8. The molecule has 2 heterocycles. The lowest BCUT2D eigenvalue weighted by Gasteiger charge is -2.05. The van der Waals surface area contributed by atoms with Crippen molar-refractivity contribution in [2.75, 3.05) is 13.2 Å². The highest BCUT2D eigenvalue weighted by molar-refractivity contribution is 5.93. The summed E-state index contributed by atoms with van der Waals surface area (Å²) in [4.78, 5) is 11.8. The monoisotopic (exact) mass is 271 g/mol. The van der Waals surface area contributed by atoms with E-state index in [-0.39, 0.29) is 5.91 Å². The summed E-state index contributed by atoms with van der Waals surface area (Å²) in [6.45, 7) is 3.21. The number of rotatable bonds is 4. The first kappa shape index (κ1) is 12.8. The smallest absolute Gasteiger partial charge is 0.254 e. The molecule has 0 fully saturated rings. The number of nitrogens with one attached hydrogen (secondary N) is 1. The molecule has 0 bridgehead atoms. The third-order valence-corrected chi connectivity index (χ3v) is 3.45. The standard InChI is InChI=1S/C16H17NO3/c1-11-8-14(10-20-11)16(18)17-6-4-12-2-3-15-13(9-12)5-7-19-15/h2-3,8-10H,4-7H2,1H3,(H,17,18). The fourth-order valence-electron chi connectivity index (χ4n) is 2.38. The minimum absolute atomic E-state index is 0.0913.